The molecular weight excluding hydrogens is 942 g/mol. The number of carbonyl (C=O) groups is 5. The number of halogens is 5. The first kappa shape index (κ1) is 49.3. The number of nitrogens with one attached hydrogen (secondary N) is 4. The van der Waals surface area contributed by atoms with E-state index in [-0.39, 0.29) is 70.2 Å². The molecular formula is C52H62ClF4N9O5. The highest BCUT2D eigenvalue weighted by Gasteiger charge is 2.62. The summed E-state index contributed by atoms with van der Waals surface area (Å²) in [6.07, 6.45) is 1.81. The molecule has 5 amide bonds. The molecule has 380 valence electrons. The monoisotopic (exact) mass is 1000 g/mol. The van der Waals surface area contributed by atoms with Crippen molar-refractivity contribution in [2.45, 2.75) is 133 Å². The molecule has 0 bridgehead atoms. The number of imide groups is 1. The van der Waals surface area contributed by atoms with Crippen molar-refractivity contribution in [1.82, 2.24) is 35.6 Å². The molecule has 6 aliphatic heterocycles. The second kappa shape index (κ2) is 18.9. The molecule has 1 unspecified atom stereocenters. The molecule has 3 aromatic rings. The Bertz CT molecular complexity index is 2610. The number of anilines is 2. The summed E-state index contributed by atoms with van der Waals surface area (Å²) in [5.41, 5.74) is 1.10. The highest BCUT2D eigenvalue weighted by molar-refractivity contribution is 6.30. The van der Waals surface area contributed by atoms with Crippen LogP contribution in [0.15, 0.2) is 48.7 Å². The molecule has 1 aliphatic carbocycles. The lowest BCUT2D eigenvalue weighted by atomic mass is 9.63. The van der Waals surface area contributed by atoms with Gasteiger partial charge < -0.3 is 30.7 Å². The lowest BCUT2D eigenvalue weighted by Crippen LogP contribution is -2.54. The number of piperidine rings is 2. The first-order chi connectivity index (χ1) is 33.8. The van der Waals surface area contributed by atoms with Crippen LogP contribution >= 0.6 is 11.6 Å². The number of fused-ring (bicyclic) bond motifs is 3. The average Bonchev–Trinajstić information content (AvgIpc) is 3.99. The van der Waals surface area contributed by atoms with Crippen LogP contribution in [0.4, 0.5) is 28.9 Å². The van der Waals surface area contributed by atoms with Crippen molar-refractivity contribution in [3.05, 3.63) is 87.4 Å². The summed E-state index contributed by atoms with van der Waals surface area (Å²) < 4.78 is 57.9. The quantitative estimate of drug-likeness (QED) is 0.148. The molecule has 1 aromatic heterocycles. The Balaban J connectivity index is 0.736. The van der Waals surface area contributed by atoms with Crippen LogP contribution in [0.3, 0.4) is 0 Å². The molecule has 71 heavy (non-hydrogen) atoms. The van der Waals surface area contributed by atoms with E-state index < -0.39 is 53.1 Å². The Morgan fingerprint density at radius 2 is 1.65 bits per heavy atom. The number of hydrogen-bond acceptors (Lipinski definition) is 10. The SMILES string of the molecule is CC(C)(C)C[C@@H]1N[C@@H](C(=O)NC2CCC(C(=O)N3CCC(N4CCN(c5ccc6c(c5)CN(C5CCC(=O)NC5=O)C6=O)CC4)CC3)CC2)[C@H](c2cccc(Cl)c2F)[C@]12CNc1cc(C(F)(F)F)ncc12. The van der Waals surface area contributed by atoms with Gasteiger partial charge in [-0.3, -0.25) is 39.2 Å². The minimum absolute atomic E-state index is 0.115. The molecule has 5 atom stereocenters. The van der Waals surface area contributed by atoms with Crippen LogP contribution in [0.1, 0.15) is 117 Å². The Morgan fingerprint density at radius 3 is 2.34 bits per heavy atom. The zero-order valence-corrected chi connectivity index (χ0v) is 41.1. The van der Waals surface area contributed by atoms with E-state index in [1.54, 1.807) is 17.0 Å². The maximum Gasteiger partial charge on any atom is 0.433 e. The molecule has 10 rings (SSSR count). The number of piperazine rings is 1. The zero-order valence-electron chi connectivity index (χ0n) is 40.3. The average molecular weight is 1000 g/mol. The first-order valence-electron chi connectivity index (χ1n) is 25.2. The normalized spacial score (nSPS) is 28.5. The van der Waals surface area contributed by atoms with Gasteiger partial charge in [0.15, 0.2) is 0 Å². The number of pyridine rings is 1. The number of alkyl halides is 3. The first-order valence-corrected chi connectivity index (χ1v) is 25.5. The number of amides is 5. The van der Waals surface area contributed by atoms with E-state index in [1.165, 1.54) is 12.3 Å². The third-order valence-electron chi connectivity index (χ3n) is 16.5. The molecule has 4 saturated heterocycles. The topological polar surface area (TPSA) is 159 Å². The summed E-state index contributed by atoms with van der Waals surface area (Å²) in [6, 6.07) is 9.63. The van der Waals surface area contributed by atoms with Crippen LogP contribution in [0.5, 0.6) is 0 Å². The van der Waals surface area contributed by atoms with Gasteiger partial charge in [-0.25, -0.2) is 4.39 Å². The van der Waals surface area contributed by atoms with Gasteiger partial charge in [0.05, 0.1) is 11.1 Å². The summed E-state index contributed by atoms with van der Waals surface area (Å²) in [5, 5.41) is 12.3. The van der Waals surface area contributed by atoms with Crippen molar-refractivity contribution < 1.29 is 41.5 Å². The summed E-state index contributed by atoms with van der Waals surface area (Å²) >= 11 is 6.38. The number of benzene rings is 2. The van der Waals surface area contributed by atoms with Gasteiger partial charge in [0, 0.05) is 123 Å². The number of rotatable bonds is 8. The van der Waals surface area contributed by atoms with Crippen molar-refractivity contribution in [3.8, 4) is 0 Å². The van der Waals surface area contributed by atoms with E-state index in [1.807, 2.05) is 17.0 Å². The van der Waals surface area contributed by atoms with Gasteiger partial charge in [0.1, 0.15) is 17.6 Å². The number of nitrogens with zero attached hydrogens (tertiary/aromatic N) is 5. The highest BCUT2D eigenvalue weighted by Crippen LogP contribution is 2.56. The lowest BCUT2D eigenvalue weighted by molar-refractivity contribution is -0.141. The predicted molar refractivity (Wildman–Crippen MR) is 258 cm³/mol. The molecule has 4 N–H and O–H groups in total. The lowest BCUT2D eigenvalue weighted by Gasteiger charge is -2.44. The van der Waals surface area contributed by atoms with Gasteiger partial charge in [0.2, 0.25) is 23.6 Å². The second-order valence-corrected chi connectivity index (χ2v) is 22.4. The van der Waals surface area contributed by atoms with Crippen LogP contribution < -0.4 is 26.2 Å². The maximum atomic E-state index is 16.3. The van der Waals surface area contributed by atoms with Crippen LogP contribution in [-0.2, 0) is 37.3 Å². The summed E-state index contributed by atoms with van der Waals surface area (Å²) in [5.74, 6) is -2.78. The Morgan fingerprint density at radius 1 is 0.915 bits per heavy atom. The molecule has 14 nitrogen and oxygen atoms in total. The fraction of sp³-hybridized carbons (Fsp3) is 0.577. The van der Waals surface area contributed by atoms with Gasteiger partial charge in [-0.15, -0.1) is 0 Å². The summed E-state index contributed by atoms with van der Waals surface area (Å²) in [7, 11) is 0. The fourth-order valence-electron chi connectivity index (χ4n) is 12.9. The van der Waals surface area contributed by atoms with E-state index >= 15 is 4.39 Å². The van der Waals surface area contributed by atoms with Crippen molar-refractivity contribution >= 4 is 52.5 Å². The molecule has 1 spiro atoms. The van der Waals surface area contributed by atoms with Crippen molar-refractivity contribution in [2.75, 3.05) is 56.0 Å². The summed E-state index contributed by atoms with van der Waals surface area (Å²) in [6.45, 7) is 11.4. The molecule has 7 heterocycles. The minimum atomic E-state index is -4.67. The number of carbonyl (C=O) groups excluding carboxylic acids is 5. The van der Waals surface area contributed by atoms with E-state index in [0.717, 1.165) is 56.3 Å². The minimum Gasteiger partial charge on any atom is -0.384 e. The van der Waals surface area contributed by atoms with Crippen LogP contribution in [-0.4, -0.2) is 125 Å². The van der Waals surface area contributed by atoms with Gasteiger partial charge >= 0.3 is 6.18 Å². The van der Waals surface area contributed by atoms with E-state index in [4.69, 9.17) is 11.6 Å². The van der Waals surface area contributed by atoms with Crippen LogP contribution in [0, 0.1) is 17.2 Å². The largest absolute Gasteiger partial charge is 0.433 e. The molecule has 2 aromatic carbocycles. The molecule has 1 saturated carbocycles. The Hall–Kier alpha value is -5.33. The van der Waals surface area contributed by atoms with Crippen LogP contribution in [0.25, 0.3) is 0 Å². The maximum absolute atomic E-state index is 16.3. The Kier molecular flexibility index (Phi) is 13.1. The molecule has 0 radical (unpaired) electrons. The fourth-order valence-corrected chi connectivity index (χ4v) is 13.1. The predicted octanol–water partition coefficient (Wildman–Crippen LogP) is 6.37. The van der Waals surface area contributed by atoms with Crippen molar-refractivity contribution in [3.63, 3.8) is 0 Å². The number of likely N-dealkylation sites (tertiary alicyclic amines) is 1. The third-order valence-corrected chi connectivity index (χ3v) is 16.8. The smallest absolute Gasteiger partial charge is 0.384 e. The number of aromatic nitrogens is 1. The molecule has 7 aliphatic rings. The number of hydrogen-bond donors (Lipinski definition) is 4. The van der Waals surface area contributed by atoms with E-state index in [9.17, 15) is 37.1 Å². The standard InChI is InChI=1S/C52H62ClF4N9O5/c1-50(2,3)25-41-51(28-59-38-24-40(52(55,56)57)58-26-36(38)51)43(35-5-4-6-37(53)44(35)54)45(61-41)47(69)60-31-9-7-29(8-10-31)48(70)65-17-15-32(16-18-65)63-19-21-64(22-20-63)33-11-12-34-30(23-33)27-66(49(34)71)39-13-14-42(67)62-46(39)68/h4-6,11-12,23-24,26,29,31-32,39,41,43,45,59,61H,7-10,13-22,25,27-28H2,1-3H3,(H,60,69)(H,62,67,68)/t29?,31?,39?,41-,43-,45+,51-/m0/s1. The molecule has 19 heteroatoms. The molecule has 5 fully saturated rings. The zero-order chi connectivity index (χ0) is 50.1. The van der Waals surface area contributed by atoms with Crippen molar-refractivity contribution in [1.29, 1.82) is 0 Å². The highest BCUT2D eigenvalue weighted by atomic mass is 35.5. The van der Waals surface area contributed by atoms with Crippen LogP contribution in [0.2, 0.25) is 5.02 Å². The van der Waals surface area contributed by atoms with Gasteiger partial charge in [-0.05, 0) is 98.2 Å². The van der Waals surface area contributed by atoms with E-state index in [2.05, 4.69) is 62.9 Å². The second-order valence-electron chi connectivity index (χ2n) is 22.0. The Labute approximate surface area is 416 Å². The van der Waals surface area contributed by atoms with Crippen molar-refractivity contribution in [2.24, 2.45) is 11.3 Å². The van der Waals surface area contributed by atoms with Gasteiger partial charge in [0.25, 0.3) is 5.91 Å². The third kappa shape index (κ3) is 9.37. The van der Waals surface area contributed by atoms with E-state index in [0.29, 0.717) is 75.3 Å². The van der Waals surface area contributed by atoms with Gasteiger partial charge in [-0.2, -0.15) is 13.2 Å². The summed E-state index contributed by atoms with van der Waals surface area (Å²) in [4.78, 5) is 78.3. The van der Waals surface area contributed by atoms with Gasteiger partial charge in [-0.1, -0.05) is 44.5 Å².